The fraction of sp³-hybridized carbons (Fsp3) is 0.500. The molecule has 0 aromatic carbocycles. The first kappa shape index (κ1) is 21.3. The highest BCUT2D eigenvalue weighted by Gasteiger charge is 2.28. The van der Waals surface area contributed by atoms with Gasteiger partial charge in [-0.1, -0.05) is 0 Å². The maximum absolute atomic E-state index is 12.7. The first-order valence-corrected chi connectivity index (χ1v) is 11.1. The maximum Gasteiger partial charge on any atom is 0.409 e. The minimum atomic E-state index is -0.320. The lowest BCUT2D eigenvalue weighted by atomic mass is 10.2. The van der Waals surface area contributed by atoms with E-state index < -0.39 is 0 Å². The van der Waals surface area contributed by atoms with E-state index in [1.165, 1.54) is 23.9 Å². The molecule has 1 N–H and O–H groups in total. The van der Waals surface area contributed by atoms with Gasteiger partial charge in [-0.15, -0.1) is 11.3 Å². The zero-order valence-corrected chi connectivity index (χ0v) is 18.2. The standard InChI is InChI=1S/C20H25N5O5S/c1-2-30-20(28)25-8-6-24(7-9-25)17(26)12-23-5-3-15-16(11-23)31-19(21-15)22-18(27)14-4-10-29-13-14/h4,10,13H,2-3,5-9,11-12H2,1H3,(H,21,22,27). The molecule has 0 radical (unpaired) electrons. The molecule has 0 saturated carbocycles. The van der Waals surface area contributed by atoms with Gasteiger partial charge in [0, 0.05) is 50.6 Å². The second-order valence-electron chi connectivity index (χ2n) is 7.38. The Morgan fingerprint density at radius 2 is 1.97 bits per heavy atom. The monoisotopic (exact) mass is 447 g/mol. The van der Waals surface area contributed by atoms with Crippen molar-refractivity contribution < 1.29 is 23.5 Å². The number of nitrogens with zero attached hydrogens (tertiary/aromatic N) is 4. The number of hydrogen-bond acceptors (Lipinski definition) is 8. The Labute approximate surface area is 183 Å². The van der Waals surface area contributed by atoms with E-state index in [0.29, 0.717) is 56.6 Å². The highest BCUT2D eigenvalue weighted by molar-refractivity contribution is 7.15. The van der Waals surface area contributed by atoms with E-state index in [-0.39, 0.29) is 17.9 Å². The molecule has 11 heteroatoms. The van der Waals surface area contributed by atoms with E-state index in [4.69, 9.17) is 9.15 Å². The third-order valence-corrected chi connectivity index (χ3v) is 6.33. The topological polar surface area (TPSA) is 108 Å². The van der Waals surface area contributed by atoms with Crippen LogP contribution in [0.2, 0.25) is 0 Å². The minimum Gasteiger partial charge on any atom is -0.472 e. The van der Waals surface area contributed by atoms with Crippen molar-refractivity contribution >= 4 is 34.4 Å². The van der Waals surface area contributed by atoms with Gasteiger partial charge in [-0.3, -0.25) is 19.8 Å². The molecule has 4 heterocycles. The molecule has 166 valence electrons. The number of aromatic nitrogens is 1. The second kappa shape index (κ2) is 9.48. The summed E-state index contributed by atoms with van der Waals surface area (Å²) >= 11 is 1.44. The molecule has 1 saturated heterocycles. The number of rotatable bonds is 5. The van der Waals surface area contributed by atoms with E-state index in [1.807, 2.05) is 0 Å². The molecule has 2 aromatic heterocycles. The van der Waals surface area contributed by atoms with Gasteiger partial charge in [-0.2, -0.15) is 0 Å². The van der Waals surface area contributed by atoms with Crippen LogP contribution in [0.25, 0.3) is 0 Å². The molecule has 0 aliphatic carbocycles. The van der Waals surface area contributed by atoms with Crippen molar-refractivity contribution in [2.24, 2.45) is 0 Å². The highest BCUT2D eigenvalue weighted by Crippen LogP contribution is 2.28. The van der Waals surface area contributed by atoms with E-state index in [0.717, 1.165) is 23.5 Å². The van der Waals surface area contributed by atoms with E-state index in [1.54, 1.807) is 22.8 Å². The van der Waals surface area contributed by atoms with Gasteiger partial charge >= 0.3 is 6.09 Å². The molecule has 2 aliphatic heterocycles. The number of nitrogens with one attached hydrogen (secondary N) is 1. The third-order valence-electron chi connectivity index (χ3n) is 5.33. The average Bonchev–Trinajstić information content (AvgIpc) is 3.43. The fourth-order valence-electron chi connectivity index (χ4n) is 3.64. The molecule has 1 fully saturated rings. The van der Waals surface area contributed by atoms with Gasteiger partial charge in [0.1, 0.15) is 6.26 Å². The summed E-state index contributed by atoms with van der Waals surface area (Å²) < 4.78 is 9.96. The predicted octanol–water partition coefficient (Wildman–Crippen LogP) is 1.65. The van der Waals surface area contributed by atoms with Crippen LogP contribution in [0.3, 0.4) is 0 Å². The number of piperazine rings is 1. The van der Waals surface area contributed by atoms with E-state index in [2.05, 4.69) is 15.2 Å². The molecular formula is C20H25N5O5S. The predicted molar refractivity (Wildman–Crippen MR) is 113 cm³/mol. The maximum atomic E-state index is 12.7. The lowest BCUT2D eigenvalue weighted by molar-refractivity contribution is -0.134. The Bertz CT molecular complexity index is 936. The third kappa shape index (κ3) is 5.05. The van der Waals surface area contributed by atoms with Crippen molar-refractivity contribution in [2.45, 2.75) is 19.9 Å². The smallest absolute Gasteiger partial charge is 0.409 e. The Morgan fingerprint density at radius 3 is 2.68 bits per heavy atom. The summed E-state index contributed by atoms with van der Waals surface area (Å²) in [4.78, 5) is 47.8. The normalized spacial score (nSPS) is 16.7. The lowest BCUT2D eigenvalue weighted by Crippen LogP contribution is -2.53. The van der Waals surface area contributed by atoms with E-state index >= 15 is 0 Å². The van der Waals surface area contributed by atoms with Crippen LogP contribution in [0.4, 0.5) is 9.93 Å². The molecule has 0 atom stereocenters. The number of furan rings is 1. The van der Waals surface area contributed by atoms with Gasteiger partial charge in [-0.25, -0.2) is 9.78 Å². The van der Waals surface area contributed by atoms with Gasteiger partial charge in [0.15, 0.2) is 5.13 Å². The second-order valence-corrected chi connectivity index (χ2v) is 8.47. The van der Waals surface area contributed by atoms with Crippen molar-refractivity contribution in [2.75, 3.05) is 51.2 Å². The number of carbonyl (C=O) groups is 3. The highest BCUT2D eigenvalue weighted by atomic mass is 32.1. The molecule has 2 aliphatic rings. The summed E-state index contributed by atoms with van der Waals surface area (Å²) in [5, 5.41) is 3.36. The number of ether oxygens (including phenoxy) is 1. The zero-order valence-electron chi connectivity index (χ0n) is 17.3. The molecule has 0 spiro atoms. The molecule has 10 nitrogen and oxygen atoms in total. The quantitative estimate of drug-likeness (QED) is 0.742. The Kier molecular flexibility index (Phi) is 6.52. The van der Waals surface area contributed by atoms with Gasteiger partial charge in [0.2, 0.25) is 5.91 Å². The molecule has 31 heavy (non-hydrogen) atoms. The SMILES string of the molecule is CCOC(=O)N1CCN(C(=O)CN2CCc3nc(NC(=O)c4ccoc4)sc3C2)CC1. The van der Waals surface area contributed by atoms with Gasteiger partial charge in [-0.05, 0) is 13.0 Å². The van der Waals surface area contributed by atoms with Crippen LogP contribution in [0, 0.1) is 0 Å². The first-order valence-electron chi connectivity index (χ1n) is 10.3. The molecule has 2 aromatic rings. The van der Waals surface area contributed by atoms with Crippen LogP contribution < -0.4 is 5.32 Å². The number of carbonyl (C=O) groups excluding carboxylic acids is 3. The Balaban J connectivity index is 1.27. The minimum absolute atomic E-state index is 0.0601. The van der Waals surface area contributed by atoms with Gasteiger partial charge in [0.05, 0.1) is 30.7 Å². The first-order chi connectivity index (χ1) is 15.0. The van der Waals surface area contributed by atoms with Crippen molar-refractivity contribution in [3.8, 4) is 0 Å². The van der Waals surface area contributed by atoms with Crippen molar-refractivity contribution in [3.05, 3.63) is 34.7 Å². The summed E-state index contributed by atoms with van der Waals surface area (Å²) in [6.45, 7) is 5.83. The molecule has 4 rings (SSSR count). The number of anilines is 1. The van der Waals surface area contributed by atoms with Crippen LogP contribution in [-0.4, -0.2) is 83.5 Å². The summed E-state index contributed by atoms with van der Waals surface area (Å²) in [6.07, 6.45) is 3.26. The number of thiazole rings is 1. The zero-order chi connectivity index (χ0) is 21.8. The molecular weight excluding hydrogens is 422 g/mol. The molecule has 3 amide bonds. The van der Waals surface area contributed by atoms with Crippen molar-refractivity contribution in [1.29, 1.82) is 0 Å². The number of fused-ring (bicyclic) bond motifs is 1. The Morgan fingerprint density at radius 1 is 1.19 bits per heavy atom. The average molecular weight is 448 g/mol. The van der Waals surface area contributed by atoms with Gasteiger partial charge < -0.3 is 19.0 Å². The Hall–Kier alpha value is -2.92. The summed E-state index contributed by atoms with van der Waals surface area (Å²) in [7, 11) is 0. The lowest BCUT2D eigenvalue weighted by Gasteiger charge is -2.35. The molecule has 0 bridgehead atoms. The van der Waals surface area contributed by atoms with Crippen LogP contribution >= 0.6 is 11.3 Å². The van der Waals surface area contributed by atoms with E-state index in [9.17, 15) is 14.4 Å². The van der Waals surface area contributed by atoms with Crippen molar-refractivity contribution in [3.63, 3.8) is 0 Å². The van der Waals surface area contributed by atoms with Crippen LogP contribution in [0.15, 0.2) is 23.0 Å². The van der Waals surface area contributed by atoms with Crippen LogP contribution in [-0.2, 0) is 22.5 Å². The largest absolute Gasteiger partial charge is 0.472 e. The summed E-state index contributed by atoms with van der Waals surface area (Å²) in [5.74, 6) is -0.196. The number of hydrogen-bond donors (Lipinski definition) is 1. The van der Waals surface area contributed by atoms with Gasteiger partial charge in [0.25, 0.3) is 5.91 Å². The van der Waals surface area contributed by atoms with Crippen LogP contribution in [0.5, 0.6) is 0 Å². The number of amides is 3. The summed E-state index contributed by atoms with van der Waals surface area (Å²) in [5.41, 5.74) is 1.42. The summed E-state index contributed by atoms with van der Waals surface area (Å²) in [6, 6.07) is 1.60. The molecule has 0 unspecified atom stereocenters. The fourth-order valence-corrected chi connectivity index (χ4v) is 4.69. The van der Waals surface area contributed by atoms with Crippen LogP contribution in [0.1, 0.15) is 27.9 Å². The van der Waals surface area contributed by atoms with Crippen molar-refractivity contribution in [1.82, 2.24) is 19.7 Å².